The molecule has 0 aromatic carbocycles. The van der Waals surface area contributed by atoms with E-state index in [2.05, 4.69) is 28.8 Å². The maximum Gasteiger partial charge on any atom is 0.286 e. The van der Waals surface area contributed by atoms with E-state index in [4.69, 9.17) is 0 Å². The van der Waals surface area contributed by atoms with Crippen LogP contribution in [0.15, 0.2) is 0 Å². The molecule has 0 saturated carbocycles. The Morgan fingerprint density at radius 1 is 1.50 bits per heavy atom. The van der Waals surface area contributed by atoms with Gasteiger partial charge in [0.05, 0.1) is 0 Å². The number of nitrogens with zero attached hydrogens (tertiary/aromatic N) is 1. The average molecular weight is 137 g/mol. The summed E-state index contributed by atoms with van der Waals surface area (Å²) in [5, 5.41) is 6.65. The highest BCUT2D eigenvalue weighted by Crippen LogP contribution is 1.95. The summed E-state index contributed by atoms with van der Waals surface area (Å²) < 4.78 is 2.39. The van der Waals surface area contributed by atoms with Crippen LogP contribution in [0.5, 0.6) is 0 Å². The average Bonchev–Trinajstić information content (AvgIpc) is 2.04. The van der Waals surface area contributed by atoms with Crippen molar-refractivity contribution >= 4 is 22.1 Å². The number of hydrogen-bond acceptors (Lipinski definition) is 3. The van der Waals surface area contributed by atoms with Gasteiger partial charge in [0.15, 0.2) is 0 Å². The van der Waals surface area contributed by atoms with Crippen molar-refractivity contribution in [2.75, 3.05) is 6.54 Å². The molecule has 0 aliphatic carbocycles. The van der Waals surface area contributed by atoms with E-state index in [1.165, 1.54) is 6.32 Å². The highest BCUT2D eigenvalue weighted by molar-refractivity contribution is 6.74. The monoisotopic (exact) mass is 137 g/mol. The van der Waals surface area contributed by atoms with Crippen molar-refractivity contribution in [1.29, 1.82) is 0 Å². The van der Waals surface area contributed by atoms with E-state index in [-0.39, 0.29) is 0 Å². The van der Waals surface area contributed by atoms with Crippen LogP contribution in [0.3, 0.4) is 0 Å². The first kappa shape index (κ1) is 8.17. The molecule has 2 N–H and O–H groups in total. The van der Waals surface area contributed by atoms with Crippen LogP contribution in [0.4, 0.5) is 0 Å². The molecule has 6 heteroatoms. The van der Waals surface area contributed by atoms with Gasteiger partial charge in [0.1, 0.15) is 0 Å². The zero-order valence-corrected chi connectivity index (χ0v) is 6.85. The quantitative estimate of drug-likeness (QED) is 0.455. The molecule has 0 unspecified atom stereocenters. The molecule has 0 bridgehead atoms. The summed E-state index contributed by atoms with van der Waals surface area (Å²) in [5.41, 5.74) is 0. The van der Waals surface area contributed by atoms with E-state index in [1.54, 1.807) is 0 Å². The Labute approximate surface area is 64.6 Å². The standard InChI is InChI=1S/C4H14B3N3/c1-3-7-9-5-8-6-10(7)4-2/h5-6,8-9H,3-4H2,1-2H3. The Bertz CT molecular complexity index is 89.7. The molecule has 0 spiro atoms. The van der Waals surface area contributed by atoms with Gasteiger partial charge in [0.2, 0.25) is 0 Å². The first-order valence-corrected chi connectivity index (χ1v) is 4.06. The van der Waals surface area contributed by atoms with Crippen molar-refractivity contribution in [3.8, 4) is 0 Å². The SMILES string of the molecule is CCB1NBNBN1CC. The molecular formula is C4H14B3N3. The number of nitrogens with one attached hydrogen (secondary N) is 2. The van der Waals surface area contributed by atoms with Gasteiger partial charge in [-0.05, 0) is 12.9 Å². The van der Waals surface area contributed by atoms with Crippen molar-refractivity contribution in [1.82, 2.24) is 15.0 Å². The van der Waals surface area contributed by atoms with E-state index < -0.39 is 0 Å². The summed E-state index contributed by atoms with van der Waals surface area (Å²) >= 11 is 0. The fraction of sp³-hybridized carbons (Fsp3) is 1.00. The lowest BCUT2D eigenvalue weighted by Gasteiger charge is -2.31. The molecule has 0 aromatic rings. The third-order valence-electron chi connectivity index (χ3n) is 2.01. The van der Waals surface area contributed by atoms with Crippen LogP contribution in [0.25, 0.3) is 0 Å². The highest BCUT2D eigenvalue weighted by Gasteiger charge is 2.23. The lowest BCUT2D eigenvalue weighted by atomic mass is 9.60. The summed E-state index contributed by atoms with van der Waals surface area (Å²) in [6.45, 7) is 6.12. The molecular weight excluding hydrogens is 123 g/mol. The predicted octanol–water partition coefficient (Wildman–Crippen LogP) is -1.46. The van der Waals surface area contributed by atoms with Crippen molar-refractivity contribution in [3.05, 3.63) is 0 Å². The van der Waals surface area contributed by atoms with E-state index >= 15 is 0 Å². The molecule has 54 valence electrons. The zero-order valence-electron chi connectivity index (χ0n) is 6.85. The van der Waals surface area contributed by atoms with Gasteiger partial charge in [-0.2, -0.15) is 0 Å². The first-order chi connectivity index (χ1) is 4.88. The lowest BCUT2D eigenvalue weighted by molar-refractivity contribution is 0.668. The van der Waals surface area contributed by atoms with E-state index in [1.807, 2.05) is 0 Å². The van der Waals surface area contributed by atoms with Gasteiger partial charge in [-0.3, -0.25) is 0 Å². The second-order valence-electron chi connectivity index (χ2n) is 2.62. The van der Waals surface area contributed by atoms with Gasteiger partial charge in [-0.15, -0.1) is 0 Å². The van der Waals surface area contributed by atoms with Crippen molar-refractivity contribution in [2.45, 2.75) is 20.2 Å². The topological polar surface area (TPSA) is 27.3 Å². The summed E-state index contributed by atoms with van der Waals surface area (Å²) in [6.07, 6.45) is 1.19. The third kappa shape index (κ3) is 1.78. The van der Waals surface area contributed by atoms with Crippen LogP contribution in [-0.2, 0) is 0 Å². The minimum Gasteiger partial charge on any atom is -0.377 e. The molecule has 10 heavy (non-hydrogen) atoms. The van der Waals surface area contributed by atoms with Crippen molar-refractivity contribution in [2.24, 2.45) is 0 Å². The Hall–Kier alpha value is 0.0748. The Morgan fingerprint density at radius 2 is 2.30 bits per heavy atom. The predicted molar refractivity (Wildman–Crippen MR) is 49.2 cm³/mol. The van der Waals surface area contributed by atoms with Crippen LogP contribution in [-0.4, -0.2) is 33.3 Å². The van der Waals surface area contributed by atoms with Crippen molar-refractivity contribution < 1.29 is 0 Å². The first-order valence-electron chi connectivity index (χ1n) is 4.06. The van der Waals surface area contributed by atoms with Gasteiger partial charge in [-0.1, -0.05) is 13.8 Å². The van der Waals surface area contributed by atoms with Gasteiger partial charge < -0.3 is 15.0 Å². The Morgan fingerprint density at radius 3 is 2.80 bits per heavy atom. The molecule has 0 amide bonds. The number of rotatable bonds is 2. The maximum atomic E-state index is 3.38. The molecule has 0 atom stereocenters. The van der Waals surface area contributed by atoms with Gasteiger partial charge in [0, 0.05) is 0 Å². The van der Waals surface area contributed by atoms with Gasteiger partial charge in [-0.25, -0.2) is 0 Å². The number of hydrogen-bond donors (Lipinski definition) is 2. The Balaban J connectivity index is 2.34. The van der Waals surface area contributed by atoms with E-state index in [0.29, 0.717) is 6.98 Å². The van der Waals surface area contributed by atoms with E-state index in [9.17, 15) is 0 Å². The minimum atomic E-state index is 0.589. The van der Waals surface area contributed by atoms with Gasteiger partial charge in [0.25, 0.3) is 22.1 Å². The molecule has 0 radical (unpaired) electrons. The van der Waals surface area contributed by atoms with Crippen LogP contribution >= 0.6 is 0 Å². The molecule has 0 aromatic heterocycles. The van der Waals surface area contributed by atoms with Crippen LogP contribution in [0.1, 0.15) is 13.8 Å². The van der Waals surface area contributed by atoms with Crippen molar-refractivity contribution in [3.63, 3.8) is 0 Å². The Kier molecular flexibility index (Phi) is 3.32. The van der Waals surface area contributed by atoms with Crippen LogP contribution in [0, 0.1) is 0 Å². The summed E-state index contributed by atoms with van der Waals surface area (Å²) in [7, 11) is 1.98. The van der Waals surface area contributed by atoms with Crippen LogP contribution in [0.2, 0.25) is 6.32 Å². The molecule has 1 aliphatic heterocycles. The van der Waals surface area contributed by atoms with E-state index in [0.717, 1.165) is 21.6 Å². The second kappa shape index (κ2) is 4.06. The summed E-state index contributed by atoms with van der Waals surface area (Å²) in [6, 6.07) is 0. The molecule has 1 fully saturated rings. The molecule has 1 aliphatic rings. The third-order valence-corrected chi connectivity index (χ3v) is 2.01. The lowest BCUT2D eigenvalue weighted by Crippen LogP contribution is -2.64. The molecule has 1 rings (SSSR count). The summed E-state index contributed by atoms with van der Waals surface area (Å²) in [4.78, 5) is 0. The fourth-order valence-electron chi connectivity index (χ4n) is 1.36. The maximum absolute atomic E-state index is 3.38. The largest absolute Gasteiger partial charge is 0.377 e. The second-order valence-corrected chi connectivity index (χ2v) is 2.62. The summed E-state index contributed by atoms with van der Waals surface area (Å²) in [5.74, 6) is 0. The van der Waals surface area contributed by atoms with Crippen LogP contribution < -0.4 is 10.3 Å². The minimum absolute atomic E-state index is 0.589. The normalized spacial score (nSPS) is 20.0. The zero-order chi connectivity index (χ0) is 7.40. The molecule has 1 heterocycles. The highest BCUT2D eigenvalue weighted by atomic mass is 15.1. The fourth-order valence-corrected chi connectivity index (χ4v) is 1.36. The van der Waals surface area contributed by atoms with Gasteiger partial charge >= 0.3 is 0 Å². The molecule has 3 nitrogen and oxygen atoms in total. The molecule has 1 saturated heterocycles. The smallest absolute Gasteiger partial charge is 0.286 e.